The van der Waals surface area contributed by atoms with Crippen molar-refractivity contribution in [2.45, 2.75) is 19.9 Å². The predicted molar refractivity (Wildman–Crippen MR) is 159 cm³/mol. The highest BCUT2D eigenvalue weighted by Gasteiger charge is 2.32. The molecule has 0 fully saturated rings. The number of carbonyl (C=O) groups is 2. The van der Waals surface area contributed by atoms with Crippen molar-refractivity contribution in [2.24, 2.45) is 4.99 Å². The fourth-order valence-corrected chi connectivity index (χ4v) is 5.66. The quantitative estimate of drug-likeness (QED) is 0.307. The third-order valence-electron chi connectivity index (χ3n) is 6.30. The molecule has 41 heavy (non-hydrogen) atoms. The summed E-state index contributed by atoms with van der Waals surface area (Å²) in [6.07, 6.45) is 1.74. The number of ether oxygens (including phenoxy) is 2. The fraction of sp³-hybridized carbons (Fsp3) is 0.161. The number of anilines is 1. The molecule has 0 spiro atoms. The van der Waals surface area contributed by atoms with E-state index < -0.39 is 12.0 Å². The number of esters is 1. The second-order valence-electron chi connectivity index (χ2n) is 9.12. The number of para-hydroxylation sites is 1. The van der Waals surface area contributed by atoms with Crippen LogP contribution in [-0.2, 0) is 14.3 Å². The summed E-state index contributed by atoms with van der Waals surface area (Å²) >= 11 is 7.39. The van der Waals surface area contributed by atoms with Crippen LogP contribution in [0.3, 0.4) is 0 Å². The molecule has 1 atom stereocenters. The topological polar surface area (TPSA) is 99.0 Å². The smallest absolute Gasteiger partial charge is 0.344 e. The van der Waals surface area contributed by atoms with Crippen LogP contribution >= 0.6 is 22.9 Å². The van der Waals surface area contributed by atoms with E-state index in [-0.39, 0.29) is 24.7 Å². The average molecular weight is 588 g/mol. The molecule has 0 radical (unpaired) electrons. The van der Waals surface area contributed by atoms with Crippen molar-refractivity contribution in [3.8, 4) is 5.75 Å². The zero-order chi connectivity index (χ0) is 28.9. The number of nitrogens with one attached hydrogen (secondary N) is 1. The van der Waals surface area contributed by atoms with E-state index in [1.54, 1.807) is 67.0 Å². The lowest BCUT2D eigenvalue weighted by Crippen LogP contribution is -2.40. The summed E-state index contributed by atoms with van der Waals surface area (Å²) in [5.74, 6) is -0.344. The van der Waals surface area contributed by atoms with Crippen molar-refractivity contribution in [1.82, 2.24) is 4.57 Å². The molecular weight excluding hydrogens is 562 g/mol. The van der Waals surface area contributed by atoms with Gasteiger partial charge in [0, 0.05) is 10.7 Å². The van der Waals surface area contributed by atoms with E-state index in [0.29, 0.717) is 42.6 Å². The van der Waals surface area contributed by atoms with Crippen LogP contribution in [0.5, 0.6) is 5.75 Å². The molecule has 1 amide bonds. The van der Waals surface area contributed by atoms with Crippen LogP contribution in [0.1, 0.15) is 31.0 Å². The molecule has 1 aromatic heterocycles. The molecule has 0 saturated carbocycles. The Bertz CT molecular complexity index is 1810. The first kappa shape index (κ1) is 28.1. The first-order chi connectivity index (χ1) is 19.8. The molecule has 10 heteroatoms. The van der Waals surface area contributed by atoms with Crippen molar-refractivity contribution in [2.75, 3.05) is 18.5 Å². The van der Waals surface area contributed by atoms with Gasteiger partial charge in [0.05, 0.1) is 28.5 Å². The molecule has 0 aliphatic carbocycles. The Morgan fingerprint density at radius 3 is 2.56 bits per heavy atom. The third kappa shape index (κ3) is 6.32. The molecule has 0 saturated heterocycles. The largest absolute Gasteiger partial charge is 0.482 e. The van der Waals surface area contributed by atoms with Crippen LogP contribution in [0, 0.1) is 0 Å². The van der Waals surface area contributed by atoms with Gasteiger partial charge in [-0.05, 0) is 67.4 Å². The van der Waals surface area contributed by atoms with Crippen LogP contribution in [0.15, 0.2) is 99.9 Å². The molecular formula is C31H26ClN3O5S. The minimum Gasteiger partial charge on any atom is -0.482 e. The highest BCUT2D eigenvalue weighted by atomic mass is 35.5. The Labute approximate surface area is 244 Å². The Hall–Kier alpha value is -4.47. The van der Waals surface area contributed by atoms with Gasteiger partial charge in [-0.2, -0.15) is 0 Å². The molecule has 3 aromatic carbocycles. The van der Waals surface area contributed by atoms with Gasteiger partial charge in [-0.25, -0.2) is 9.79 Å². The van der Waals surface area contributed by atoms with Crippen molar-refractivity contribution in [3.63, 3.8) is 0 Å². The number of carbonyl (C=O) groups excluding carboxylic acids is 2. The van der Waals surface area contributed by atoms with Crippen LogP contribution in [0.4, 0.5) is 5.69 Å². The average Bonchev–Trinajstić information content (AvgIpc) is 3.26. The lowest BCUT2D eigenvalue weighted by Gasteiger charge is -2.25. The first-order valence-electron chi connectivity index (χ1n) is 12.9. The fourth-order valence-electron chi connectivity index (χ4n) is 4.48. The molecule has 5 rings (SSSR count). The van der Waals surface area contributed by atoms with Gasteiger partial charge in [-0.1, -0.05) is 65.4 Å². The number of aromatic nitrogens is 1. The van der Waals surface area contributed by atoms with E-state index in [1.165, 1.54) is 11.3 Å². The number of benzene rings is 3. The van der Waals surface area contributed by atoms with Gasteiger partial charge >= 0.3 is 5.97 Å². The minimum atomic E-state index is -0.714. The number of amides is 1. The Morgan fingerprint density at radius 2 is 1.83 bits per heavy atom. The number of fused-ring (bicyclic) bond motifs is 1. The van der Waals surface area contributed by atoms with E-state index in [9.17, 15) is 14.4 Å². The van der Waals surface area contributed by atoms with Gasteiger partial charge < -0.3 is 14.8 Å². The van der Waals surface area contributed by atoms with Gasteiger partial charge in [0.1, 0.15) is 5.75 Å². The maximum absolute atomic E-state index is 13.9. The van der Waals surface area contributed by atoms with E-state index in [0.717, 1.165) is 5.56 Å². The Balaban J connectivity index is 1.56. The molecule has 1 aliphatic heterocycles. The van der Waals surface area contributed by atoms with Crippen molar-refractivity contribution < 1.29 is 19.1 Å². The first-order valence-corrected chi connectivity index (χ1v) is 14.1. The summed E-state index contributed by atoms with van der Waals surface area (Å²) in [5.41, 5.74) is 2.66. The molecule has 1 aliphatic rings. The van der Waals surface area contributed by atoms with Crippen LogP contribution in [0.25, 0.3) is 6.08 Å². The second kappa shape index (κ2) is 12.4. The Morgan fingerprint density at radius 1 is 1.07 bits per heavy atom. The number of allylic oxidation sites excluding steroid dienone is 1. The van der Waals surface area contributed by atoms with Crippen LogP contribution < -0.4 is 24.9 Å². The summed E-state index contributed by atoms with van der Waals surface area (Å²) in [7, 11) is 0. The van der Waals surface area contributed by atoms with Crippen molar-refractivity contribution in [3.05, 3.63) is 126 Å². The number of rotatable bonds is 8. The molecule has 0 bridgehead atoms. The van der Waals surface area contributed by atoms with E-state index >= 15 is 0 Å². The summed E-state index contributed by atoms with van der Waals surface area (Å²) in [6, 6.07) is 22.6. The van der Waals surface area contributed by atoms with Crippen LogP contribution in [0.2, 0.25) is 5.02 Å². The zero-order valence-corrected chi connectivity index (χ0v) is 23.9. The molecule has 4 aromatic rings. The summed E-state index contributed by atoms with van der Waals surface area (Å²) in [6.45, 7) is 3.55. The van der Waals surface area contributed by atoms with Gasteiger partial charge in [0.2, 0.25) is 0 Å². The third-order valence-corrected chi connectivity index (χ3v) is 7.54. The lowest BCUT2D eigenvalue weighted by molar-refractivity contribution is -0.145. The standard InChI is InChI=1S/C31H26ClN3O5S/c1-3-39-26(36)18-40-24-11-7-8-20(16-24)17-25-30(38)35-28(21-12-14-22(32)15-13-21)27(19(2)33-31(35)41-25)29(37)34-23-9-5-4-6-10-23/h4-17,28H,3,18H2,1-2H3,(H,34,37)/b25-17+. The minimum absolute atomic E-state index is 0.215. The van der Waals surface area contributed by atoms with Gasteiger partial charge in [-0.15, -0.1) is 0 Å². The van der Waals surface area contributed by atoms with E-state index in [1.807, 2.05) is 36.4 Å². The summed E-state index contributed by atoms with van der Waals surface area (Å²) in [5, 5.41) is 3.48. The predicted octanol–water partition coefficient (Wildman–Crippen LogP) is 4.47. The molecule has 208 valence electrons. The molecule has 1 unspecified atom stereocenters. The van der Waals surface area contributed by atoms with Gasteiger partial charge in [-0.3, -0.25) is 14.2 Å². The number of hydrogen-bond donors (Lipinski definition) is 1. The maximum atomic E-state index is 13.9. The monoisotopic (exact) mass is 587 g/mol. The highest BCUT2D eigenvalue weighted by molar-refractivity contribution is 7.07. The van der Waals surface area contributed by atoms with Gasteiger partial charge in [0.15, 0.2) is 11.4 Å². The number of hydrogen-bond acceptors (Lipinski definition) is 7. The van der Waals surface area contributed by atoms with Crippen LogP contribution in [-0.4, -0.2) is 29.7 Å². The number of nitrogens with zero attached hydrogens (tertiary/aromatic N) is 2. The lowest BCUT2D eigenvalue weighted by atomic mass is 9.95. The molecule has 2 heterocycles. The van der Waals surface area contributed by atoms with E-state index in [4.69, 9.17) is 21.1 Å². The number of thiazole rings is 1. The SMILES string of the molecule is CCOC(=O)COc1cccc(/C=c2/sc3n(c2=O)C(c2ccc(Cl)cc2)C(C(=O)Nc2ccccc2)=C(C)N=3)c1. The summed E-state index contributed by atoms with van der Waals surface area (Å²) < 4.78 is 12.4. The number of halogens is 1. The van der Waals surface area contributed by atoms with Crippen molar-refractivity contribution >= 4 is 46.6 Å². The van der Waals surface area contributed by atoms with Crippen molar-refractivity contribution in [1.29, 1.82) is 0 Å². The summed E-state index contributed by atoms with van der Waals surface area (Å²) in [4.78, 5) is 44.3. The maximum Gasteiger partial charge on any atom is 0.344 e. The van der Waals surface area contributed by atoms with E-state index in [2.05, 4.69) is 10.3 Å². The van der Waals surface area contributed by atoms with Gasteiger partial charge in [0.25, 0.3) is 11.5 Å². The Kier molecular flexibility index (Phi) is 8.47. The second-order valence-corrected chi connectivity index (χ2v) is 10.6. The molecule has 8 nitrogen and oxygen atoms in total. The zero-order valence-electron chi connectivity index (χ0n) is 22.3. The molecule has 1 N–H and O–H groups in total. The normalized spacial score (nSPS) is 14.7. The highest BCUT2D eigenvalue weighted by Crippen LogP contribution is 2.31.